The molecule has 0 spiro atoms. The molecule has 0 bridgehead atoms. The van der Waals surface area contributed by atoms with Crippen LogP contribution < -0.4 is 5.73 Å². The highest BCUT2D eigenvalue weighted by Gasteiger charge is 2.36. The van der Waals surface area contributed by atoms with Crippen LogP contribution in [-0.2, 0) is 28.6 Å². The Morgan fingerprint density at radius 1 is 1.25 bits per heavy atom. The van der Waals surface area contributed by atoms with E-state index < -0.39 is 25.4 Å². The van der Waals surface area contributed by atoms with Crippen LogP contribution in [0.5, 0.6) is 0 Å². The van der Waals surface area contributed by atoms with Gasteiger partial charge >= 0.3 is 11.9 Å². The predicted octanol–water partition coefficient (Wildman–Crippen LogP) is 3.69. The number of thioether (sulfide) groups is 1. The van der Waals surface area contributed by atoms with E-state index in [9.17, 15) is 9.59 Å². The van der Waals surface area contributed by atoms with Gasteiger partial charge in [0.25, 0.3) is 0 Å². The van der Waals surface area contributed by atoms with Crippen molar-refractivity contribution in [1.29, 1.82) is 0 Å². The molecule has 9 nitrogen and oxygen atoms in total. The third kappa shape index (κ3) is 8.66. The van der Waals surface area contributed by atoms with Gasteiger partial charge in [0.05, 0.1) is 18.9 Å². The number of esters is 1. The number of methoxy groups -OCH3 is 1. The Hall–Kier alpha value is -1.72. The minimum absolute atomic E-state index is 0.144. The van der Waals surface area contributed by atoms with Gasteiger partial charge in [-0.1, -0.05) is 43.5 Å². The van der Waals surface area contributed by atoms with E-state index in [4.69, 9.17) is 24.8 Å². The molecule has 0 radical (unpaired) electrons. The SMILES string of the molecule is CCC1=C(OCOCC[Si](C)(C)C)N(CC)C(C(N)=NOC(=O)CC(C)(C)C(=O)OC)S1. The average Bonchev–Trinajstić information content (AvgIpc) is 3.07. The third-order valence-electron chi connectivity index (χ3n) is 4.80. The number of allylic oxidation sites excluding steroid dienone is 1. The smallest absolute Gasteiger partial charge is 0.336 e. The number of nitrogens with two attached hydrogens (primary N) is 1. The summed E-state index contributed by atoms with van der Waals surface area (Å²) in [5, 5.41) is 3.48. The molecule has 0 aromatic heterocycles. The molecule has 1 aliphatic rings. The number of amidine groups is 1. The molecule has 11 heteroatoms. The fraction of sp³-hybridized carbons (Fsp3) is 0.762. The number of hydrogen-bond acceptors (Lipinski definition) is 9. The molecule has 0 aliphatic carbocycles. The molecule has 1 atom stereocenters. The zero-order valence-corrected chi connectivity index (χ0v) is 22.5. The molecule has 1 unspecified atom stereocenters. The van der Waals surface area contributed by atoms with Crippen molar-refractivity contribution < 1.29 is 28.6 Å². The summed E-state index contributed by atoms with van der Waals surface area (Å²) in [6.07, 6.45) is 0.593. The lowest BCUT2D eigenvalue weighted by Crippen LogP contribution is -2.40. The quantitative estimate of drug-likeness (QED) is 0.0604. The second-order valence-electron chi connectivity index (χ2n) is 9.35. The van der Waals surface area contributed by atoms with Crippen LogP contribution in [0.4, 0.5) is 0 Å². The maximum Gasteiger partial charge on any atom is 0.336 e. The van der Waals surface area contributed by atoms with Crippen molar-refractivity contribution in [3.63, 3.8) is 0 Å². The maximum absolute atomic E-state index is 12.1. The third-order valence-corrected chi connectivity index (χ3v) is 7.97. The van der Waals surface area contributed by atoms with Gasteiger partial charge in [-0.05, 0) is 33.2 Å². The summed E-state index contributed by atoms with van der Waals surface area (Å²) in [4.78, 5) is 31.9. The van der Waals surface area contributed by atoms with Gasteiger partial charge in [0.1, 0.15) is 5.37 Å². The zero-order valence-electron chi connectivity index (χ0n) is 20.6. The van der Waals surface area contributed by atoms with Crippen molar-refractivity contribution >= 4 is 37.6 Å². The normalized spacial score (nSPS) is 17.6. The first kappa shape index (κ1) is 28.3. The Balaban J connectivity index is 2.72. The van der Waals surface area contributed by atoms with Crippen LogP contribution in [0.2, 0.25) is 25.7 Å². The van der Waals surface area contributed by atoms with Gasteiger partial charge in [-0.2, -0.15) is 0 Å². The van der Waals surface area contributed by atoms with Crippen LogP contribution in [0.15, 0.2) is 15.9 Å². The summed E-state index contributed by atoms with van der Waals surface area (Å²) in [6.45, 7) is 15.6. The molecule has 0 aromatic carbocycles. The number of ether oxygens (including phenoxy) is 3. The van der Waals surface area contributed by atoms with Crippen LogP contribution in [0.25, 0.3) is 0 Å². The van der Waals surface area contributed by atoms with Gasteiger partial charge in [-0.3, -0.25) is 4.79 Å². The highest BCUT2D eigenvalue weighted by molar-refractivity contribution is 8.04. The van der Waals surface area contributed by atoms with Gasteiger partial charge in [-0.25, -0.2) is 4.79 Å². The Kier molecular flexibility index (Phi) is 11.1. The number of likely N-dealkylation sites (N-methyl/N-ethyl adjacent to an activating group) is 1. The van der Waals surface area contributed by atoms with Crippen molar-refractivity contribution in [2.24, 2.45) is 16.3 Å². The Morgan fingerprint density at radius 2 is 1.91 bits per heavy atom. The first-order chi connectivity index (χ1) is 14.9. The first-order valence-corrected chi connectivity index (χ1v) is 15.4. The molecule has 184 valence electrons. The molecular formula is C21H39N3O6SSi. The molecule has 1 rings (SSSR count). The monoisotopic (exact) mass is 489 g/mol. The largest absolute Gasteiger partial charge is 0.469 e. The molecule has 0 saturated heterocycles. The minimum Gasteiger partial charge on any atom is -0.469 e. The fourth-order valence-corrected chi connectivity index (χ4v) is 4.87. The van der Waals surface area contributed by atoms with E-state index in [2.05, 4.69) is 24.8 Å². The highest BCUT2D eigenvalue weighted by Crippen LogP contribution is 2.40. The average molecular weight is 490 g/mol. The van der Waals surface area contributed by atoms with Crippen LogP contribution in [0.3, 0.4) is 0 Å². The number of hydrogen-bond donors (Lipinski definition) is 1. The highest BCUT2D eigenvalue weighted by atomic mass is 32.2. The second-order valence-corrected chi connectivity index (χ2v) is 16.1. The summed E-state index contributed by atoms with van der Waals surface area (Å²) >= 11 is 1.51. The van der Waals surface area contributed by atoms with Crippen molar-refractivity contribution in [2.75, 3.05) is 27.1 Å². The summed E-state index contributed by atoms with van der Waals surface area (Å²) in [7, 11) is 0.121. The summed E-state index contributed by atoms with van der Waals surface area (Å²) < 4.78 is 16.3. The first-order valence-electron chi connectivity index (χ1n) is 10.8. The van der Waals surface area contributed by atoms with E-state index in [0.29, 0.717) is 19.0 Å². The molecule has 0 amide bonds. The number of carbonyl (C=O) groups is 2. The summed E-state index contributed by atoms with van der Waals surface area (Å²) in [6, 6.07) is 1.07. The molecule has 32 heavy (non-hydrogen) atoms. The zero-order chi connectivity index (χ0) is 24.5. The minimum atomic E-state index is -1.15. The summed E-state index contributed by atoms with van der Waals surface area (Å²) in [5.41, 5.74) is 5.14. The van der Waals surface area contributed by atoms with Crippen molar-refractivity contribution in [1.82, 2.24) is 4.90 Å². The van der Waals surface area contributed by atoms with Crippen molar-refractivity contribution in [2.45, 2.75) is 71.6 Å². The van der Waals surface area contributed by atoms with Crippen LogP contribution >= 0.6 is 11.8 Å². The lowest BCUT2D eigenvalue weighted by Gasteiger charge is -2.26. The lowest BCUT2D eigenvalue weighted by atomic mass is 9.90. The van der Waals surface area contributed by atoms with E-state index in [-0.39, 0.29) is 24.4 Å². The Bertz CT molecular complexity index is 721. The van der Waals surface area contributed by atoms with Crippen LogP contribution in [0.1, 0.15) is 40.5 Å². The maximum atomic E-state index is 12.1. The van der Waals surface area contributed by atoms with Crippen LogP contribution in [0, 0.1) is 5.41 Å². The molecule has 0 fully saturated rings. The second kappa shape index (κ2) is 12.5. The van der Waals surface area contributed by atoms with E-state index in [1.165, 1.54) is 18.9 Å². The van der Waals surface area contributed by atoms with Crippen molar-refractivity contribution in [3.05, 3.63) is 10.8 Å². The summed E-state index contributed by atoms with van der Waals surface area (Å²) in [5.74, 6) is -0.300. The van der Waals surface area contributed by atoms with E-state index in [0.717, 1.165) is 17.4 Å². The van der Waals surface area contributed by atoms with E-state index in [1.54, 1.807) is 13.8 Å². The standard InChI is InChI=1S/C21H39N3O6SSi/c1-9-15-18(29-14-28-11-12-32(6,7)8)24(10-2)19(31-15)17(22)23-30-16(25)13-21(3,4)20(26)27-5/h19H,9-14H2,1-8H3,(H2,22,23). The van der Waals surface area contributed by atoms with E-state index in [1.807, 2.05) is 18.7 Å². The van der Waals surface area contributed by atoms with Gasteiger partial charge in [0.15, 0.2) is 12.6 Å². The Morgan fingerprint density at radius 3 is 2.44 bits per heavy atom. The number of oxime groups is 1. The van der Waals surface area contributed by atoms with Gasteiger partial charge in [0.2, 0.25) is 5.88 Å². The van der Waals surface area contributed by atoms with Crippen molar-refractivity contribution in [3.8, 4) is 0 Å². The number of rotatable bonds is 13. The molecule has 1 heterocycles. The van der Waals surface area contributed by atoms with Crippen LogP contribution in [-0.4, -0.2) is 63.2 Å². The molecular weight excluding hydrogens is 450 g/mol. The molecule has 2 N–H and O–H groups in total. The molecule has 0 aromatic rings. The number of carbonyl (C=O) groups excluding carboxylic acids is 2. The Labute approximate surface area is 197 Å². The fourth-order valence-electron chi connectivity index (χ4n) is 2.87. The van der Waals surface area contributed by atoms with Gasteiger partial charge in [0, 0.05) is 26.1 Å². The molecule has 0 saturated carbocycles. The van der Waals surface area contributed by atoms with Gasteiger partial charge < -0.3 is 29.7 Å². The van der Waals surface area contributed by atoms with Gasteiger partial charge in [-0.15, -0.1) is 0 Å². The van der Waals surface area contributed by atoms with E-state index >= 15 is 0 Å². The molecule has 1 aliphatic heterocycles. The lowest BCUT2D eigenvalue weighted by molar-refractivity contribution is -0.158. The topological polar surface area (TPSA) is 113 Å². The predicted molar refractivity (Wildman–Crippen MR) is 129 cm³/mol. The number of nitrogens with zero attached hydrogens (tertiary/aromatic N) is 2.